The number of aromatic nitrogens is 1. The summed E-state index contributed by atoms with van der Waals surface area (Å²) in [5.41, 5.74) is 23.9. The molecule has 2 aliphatic carbocycles. The fraction of sp³-hybridized carbons (Fsp3) is 0.156. The van der Waals surface area contributed by atoms with Gasteiger partial charge in [-0.3, -0.25) is 0 Å². The molecule has 0 bridgehead atoms. The third-order valence-electron chi connectivity index (χ3n) is 15.3. The van der Waals surface area contributed by atoms with E-state index in [9.17, 15) is 0 Å². The molecule has 0 N–H and O–H groups in total. The van der Waals surface area contributed by atoms with Crippen molar-refractivity contribution in [1.29, 1.82) is 0 Å². The fourth-order valence-electron chi connectivity index (χ4n) is 11.4. The quantitative estimate of drug-likeness (QED) is 0.148. The molecule has 1 aromatic heterocycles. The zero-order valence-corrected chi connectivity index (χ0v) is 38.7. The predicted octanol–water partition coefficient (Wildman–Crippen LogP) is 17.7. The lowest BCUT2D eigenvalue weighted by Gasteiger charge is -2.30. The molecule has 9 aromatic carbocycles. The van der Waals surface area contributed by atoms with Gasteiger partial charge in [0.2, 0.25) is 0 Å². The van der Waals surface area contributed by atoms with E-state index in [4.69, 9.17) is 0 Å². The van der Waals surface area contributed by atoms with Gasteiger partial charge < -0.3 is 9.47 Å². The van der Waals surface area contributed by atoms with E-state index in [1.54, 1.807) is 0 Å². The molecule has 0 fully saturated rings. The number of hydrogen-bond acceptors (Lipinski definition) is 1. The third kappa shape index (κ3) is 6.15. The Labute approximate surface area is 389 Å². The van der Waals surface area contributed by atoms with E-state index in [0.29, 0.717) is 5.92 Å². The molecule has 2 nitrogen and oxygen atoms in total. The molecule has 10 aromatic rings. The van der Waals surface area contributed by atoms with Crippen molar-refractivity contribution in [2.24, 2.45) is 0 Å². The summed E-state index contributed by atoms with van der Waals surface area (Å²) < 4.78 is 2.41. The van der Waals surface area contributed by atoms with Crippen LogP contribution in [0.2, 0.25) is 0 Å². The highest BCUT2D eigenvalue weighted by molar-refractivity contribution is 6.11. The summed E-state index contributed by atoms with van der Waals surface area (Å²) in [6.45, 7) is 14.1. The zero-order chi connectivity index (χ0) is 44.9. The lowest BCUT2D eigenvalue weighted by molar-refractivity contribution is 0.660. The van der Waals surface area contributed by atoms with E-state index in [2.05, 4.69) is 251 Å². The molecule has 12 rings (SSSR count). The molecular weight excluding hydrogens is 797 g/mol. The topological polar surface area (TPSA) is 8.17 Å². The van der Waals surface area contributed by atoms with Crippen molar-refractivity contribution in [2.75, 3.05) is 4.90 Å². The Morgan fingerprint density at radius 2 is 0.833 bits per heavy atom. The first-order chi connectivity index (χ1) is 32.1. The van der Waals surface area contributed by atoms with Gasteiger partial charge in [-0.25, -0.2) is 0 Å². The van der Waals surface area contributed by atoms with Gasteiger partial charge in [0.25, 0.3) is 0 Å². The van der Waals surface area contributed by atoms with Crippen LogP contribution in [0, 0.1) is 0 Å². The van der Waals surface area contributed by atoms with E-state index < -0.39 is 0 Å². The lowest BCUT2D eigenvalue weighted by Crippen LogP contribution is -2.18. The maximum atomic E-state index is 2.47. The first-order valence-corrected chi connectivity index (χ1v) is 23.7. The molecule has 0 amide bonds. The maximum absolute atomic E-state index is 2.47. The van der Waals surface area contributed by atoms with Crippen LogP contribution in [0.15, 0.2) is 200 Å². The van der Waals surface area contributed by atoms with Gasteiger partial charge in [0.1, 0.15) is 0 Å². The molecule has 2 aliphatic rings. The van der Waals surface area contributed by atoms with Crippen molar-refractivity contribution in [2.45, 2.75) is 64.7 Å². The second kappa shape index (κ2) is 15.1. The second-order valence-corrected chi connectivity index (χ2v) is 19.7. The smallest absolute Gasteiger partial charge is 0.0541 e. The summed E-state index contributed by atoms with van der Waals surface area (Å²) >= 11 is 0. The number of nitrogens with zero attached hydrogens (tertiary/aromatic N) is 2. The van der Waals surface area contributed by atoms with Crippen molar-refractivity contribution in [3.8, 4) is 50.2 Å². The number of fused-ring (bicyclic) bond motifs is 9. The lowest BCUT2D eigenvalue weighted by atomic mass is 9.82. The van der Waals surface area contributed by atoms with Crippen molar-refractivity contribution >= 4 is 38.9 Å². The van der Waals surface area contributed by atoms with E-state index >= 15 is 0 Å². The summed E-state index contributed by atoms with van der Waals surface area (Å²) in [5.74, 6) is 0.552. The molecule has 0 saturated heterocycles. The summed E-state index contributed by atoms with van der Waals surface area (Å²) in [4.78, 5) is 2.47. The highest BCUT2D eigenvalue weighted by atomic mass is 15.1. The van der Waals surface area contributed by atoms with Crippen molar-refractivity contribution in [3.05, 3.63) is 228 Å². The Kier molecular flexibility index (Phi) is 9.16. The zero-order valence-electron chi connectivity index (χ0n) is 38.7. The maximum Gasteiger partial charge on any atom is 0.0541 e. The van der Waals surface area contributed by atoms with E-state index in [0.717, 1.165) is 29.2 Å². The average Bonchev–Trinajstić information content (AvgIpc) is 3.90. The Hall–Kier alpha value is -7.42. The van der Waals surface area contributed by atoms with Crippen molar-refractivity contribution in [3.63, 3.8) is 0 Å². The summed E-state index contributed by atoms with van der Waals surface area (Å²) in [6.07, 6.45) is 1.14. The molecule has 66 heavy (non-hydrogen) atoms. The van der Waals surface area contributed by atoms with Gasteiger partial charge in [0, 0.05) is 44.4 Å². The highest BCUT2D eigenvalue weighted by Crippen LogP contribution is 2.53. The second-order valence-electron chi connectivity index (χ2n) is 19.7. The van der Waals surface area contributed by atoms with Crippen molar-refractivity contribution < 1.29 is 0 Å². The van der Waals surface area contributed by atoms with E-state index in [1.165, 1.54) is 94.1 Å². The Morgan fingerprint density at radius 3 is 1.33 bits per heavy atom. The van der Waals surface area contributed by atoms with Gasteiger partial charge in [0.15, 0.2) is 0 Å². The Balaban J connectivity index is 0.976. The Bertz CT molecular complexity index is 3400. The van der Waals surface area contributed by atoms with Crippen LogP contribution in [-0.2, 0) is 10.8 Å². The van der Waals surface area contributed by atoms with Gasteiger partial charge in [0.05, 0.1) is 11.0 Å². The van der Waals surface area contributed by atoms with Crippen LogP contribution in [0.4, 0.5) is 17.1 Å². The van der Waals surface area contributed by atoms with Crippen LogP contribution >= 0.6 is 0 Å². The molecule has 1 atom stereocenters. The SMILES string of the molecule is CCC(C)c1ccc(-c2ccc3c(c2)c2cc(-c4ccc(N(c5ccc6c(c5)C(C)(C)c5ccccc5-6)c5ccc6c(c5)C(C)(C)c5ccccc5-6)cc4)ccc2n3-c2ccccc2)cc1. The fourth-order valence-corrected chi connectivity index (χ4v) is 11.4. The van der Waals surface area contributed by atoms with Crippen LogP contribution < -0.4 is 4.90 Å². The minimum Gasteiger partial charge on any atom is -0.310 e. The molecule has 1 heterocycles. The average molecular weight is 851 g/mol. The molecular formula is C64H54N2. The first kappa shape index (κ1) is 40.1. The van der Waals surface area contributed by atoms with E-state index in [-0.39, 0.29) is 10.8 Å². The number of para-hydroxylation sites is 1. The normalized spacial score (nSPS) is 14.5. The number of benzene rings is 9. The van der Waals surface area contributed by atoms with Crippen LogP contribution in [0.5, 0.6) is 0 Å². The number of hydrogen-bond donors (Lipinski definition) is 0. The van der Waals surface area contributed by atoms with Crippen LogP contribution in [-0.4, -0.2) is 4.57 Å². The van der Waals surface area contributed by atoms with E-state index in [1.807, 2.05) is 0 Å². The molecule has 320 valence electrons. The van der Waals surface area contributed by atoms with Crippen molar-refractivity contribution in [1.82, 2.24) is 4.57 Å². The van der Waals surface area contributed by atoms with Gasteiger partial charge >= 0.3 is 0 Å². The third-order valence-corrected chi connectivity index (χ3v) is 15.3. The monoisotopic (exact) mass is 850 g/mol. The molecule has 0 spiro atoms. The van der Waals surface area contributed by atoms with Crippen LogP contribution in [0.3, 0.4) is 0 Å². The molecule has 2 heteroatoms. The highest BCUT2D eigenvalue weighted by Gasteiger charge is 2.37. The number of anilines is 3. The summed E-state index contributed by atoms with van der Waals surface area (Å²) in [7, 11) is 0. The van der Waals surface area contributed by atoms with Crippen LogP contribution in [0.1, 0.15) is 81.7 Å². The molecule has 0 radical (unpaired) electrons. The van der Waals surface area contributed by atoms with Gasteiger partial charge in [-0.15, -0.1) is 0 Å². The standard InChI is InChI=1S/C64H54N2/c1-7-41(2)42-21-23-43(24-22-42)45-27-35-61-55(37-45)56-38-46(28-36-62(56)66(61)47-15-9-8-10-16-47)44-25-29-48(30-26-44)65(49-31-33-53-51-17-11-13-19-57(51)63(3,4)59(53)39-49)50-32-34-54-52-18-12-14-20-58(52)64(5,6)60(54)40-50/h8-41H,7H2,1-6H3. The first-order valence-electron chi connectivity index (χ1n) is 23.7. The minimum atomic E-state index is -0.111. The molecule has 0 aliphatic heterocycles. The molecule has 1 unspecified atom stereocenters. The Morgan fingerprint density at radius 1 is 0.409 bits per heavy atom. The number of rotatable bonds is 8. The van der Waals surface area contributed by atoms with Gasteiger partial charge in [-0.05, 0) is 157 Å². The van der Waals surface area contributed by atoms with Gasteiger partial charge in [-0.1, -0.05) is 169 Å². The van der Waals surface area contributed by atoms with Gasteiger partial charge in [-0.2, -0.15) is 0 Å². The predicted molar refractivity (Wildman–Crippen MR) is 280 cm³/mol. The minimum absolute atomic E-state index is 0.111. The van der Waals surface area contributed by atoms with Crippen LogP contribution in [0.25, 0.3) is 72.0 Å². The largest absolute Gasteiger partial charge is 0.310 e. The molecule has 0 saturated carbocycles. The summed E-state index contributed by atoms with van der Waals surface area (Å²) in [5, 5.41) is 2.50. The summed E-state index contributed by atoms with van der Waals surface area (Å²) in [6, 6.07) is 75.3.